The Hall–Kier alpha value is -2.47. The van der Waals surface area contributed by atoms with E-state index < -0.39 is 5.54 Å². The topological polar surface area (TPSA) is 61.5 Å². The van der Waals surface area contributed by atoms with E-state index in [4.69, 9.17) is 0 Å². The van der Waals surface area contributed by atoms with Crippen molar-refractivity contribution in [1.82, 2.24) is 14.5 Å². The molecule has 0 saturated heterocycles. The van der Waals surface area contributed by atoms with E-state index in [2.05, 4.69) is 55.2 Å². The van der Waals surface area contributed by atoms with Crippen LogP contribution in [0.1, 0.15) is 25.5 Å². The lowest BCUT2D eigenvalue weighted by atomic mass is 9.98. The second kappa shape index (κ2) is 8.27. The molecular formula is C23H29N3O2. The van der Waals surface area contributed by atoms with Crippen LogP contribution in [-0.2, 0) is 5.54 Å². The fourth-order valence-electron chi connectivity index (χ4n) is 3.26. The van der Waals surface area contributed by atoms with Crippen LogP contribution in [0.15, 0.2) is 60.9 Å². The van der Waals surface area contributed by atoms with Gasteiger partial charge in [-0.3, -0.25) is 0 Å². The Labute approximate surface area is 166 Å². The van der Waals surface area contributed by atoms with Crippen LogP contribution >= 0.6 is 0 Å². The normalized spacial score (nSPS) is 13.1. The van der Waals surface area contributed by atoms with E-state index in [0.717, 1.165) is 22.5 Å². The smallest absolute Gasteiger partial charge is 0.0965 e. The second-order valence-corrected chi connectivity index (χ2v) is 7.75. The van der Waals surface area contributed by atoms with Crippen LogP contribution in [0.4, 0.5) is 0 Å². The lowest BCUT2D eigenvalue weighted by Gasteiger charge is -2.29. The number of imidazole rings is 1. The Morgan fingerprint density at radius 3 is 2.11 bits per heavy atom. The Kier molecular flexibility index (Phi) is 5.98. The molecule has 148 valence electrons. The highest BCUT2D eigenvalue weighted by Crippen LogP contribution is 2.35. The first kappa shape index (κ1) is 20.3. The molecule has 0 aliphatic heterocycles. The summed E-state index contributed by atoms with van der Waals surface area (Å²) < 4.78 is 1.89. The predicted octanol–water partition coefficient (Wildman–Crippen LogP) is 3.54. The van der Waals surface area contributed by atoms with Gasteiger partial charge in [0.2, 0.25) is 0 Å². The predicted molar refractivity (Wildman–Crippen MR) is 113 cm³/mol. The molecule has 28 heavy (non-hydrogen) atoms. The van der Waals surface area contributed by atoms with Gasteiger partial charge < -0.3 is 19.7 Å². The van der Waals surface area contributed by atoms with Gasteiger partial charge in [-0.2, -0.15) is 0 Å². The van der Waals surface area contributed by atoms with Crippen molar-refractivity contribution in [1.29, 1.82) is 0 Å². The zero-order chi connectivity index (χ0) is 20.3. The van der Waals surface area contributed by atoms with Gasteiger partial charge in [0.15, 0.2) is 0 Å². The van der Waals surface area contributed by atoms with Crippen molar-refractivity contribution in [3.8, 4) is 22.5 Å². The first-order chi connectivity index (χ1) is 13.4. The lowest BCUT2D eigenvalue weighted by Crippen LogP contribution is -2.38. The summed E-state index contributed by atoms with van der Waals surface area (Å²) >= 11 is 0. The van der Waals surface area contributed by atoms with Gasteiger partial charge in [0.05, 0.1) is 36.5 Å². The van der Waals surface area contributed by atoms with Crippen LogP contribution in [0.25, 0.3) is 22.5 Å². The Morgan fingerprint density at radius 2 is 1.57 bits per heavy atom. The third kappa shape index (κ3) is 3.74. The number of nitrogens with zero attached hydrogens (tertiary/aromatic N) is 3. The van der Waals surface area contributed by atoms with Gasteiger partial charge >= 0.3 is 0 Å². The summed E-state index contributed by atoms with van der Waals surface area (Å²) in [5.74, 6) is 0. The summed E-state index contributed by atoms with van der Waals surface area (Å²) in [5.41, 5.74) is 4.11. The molecule has 2 aromatic carbocycles. The maximum atomic E-state index is 9.95. The van der Waals surface area contributed by atoms with Gasteiger partial charge in [-0.05, 0) is 33.5 Å². The molecule has 3 aromatic rings. The summed E-state index contributed by atoms with van der Waals surface area (Å²) in [7, 11) is 4.13. The molecule has 0 radical (unpaired) electrons. The number of rotatable bonds is 7. The van der Waals surface area contributed by atoms with Gasteiger partial charge in [0.25, 0.3) is 0 Å². The van der Waals surface area contributed by atoms with E-state index in [-0.39, 0.29) is 13.2 Å². The molecule has 1 atom stereocenters. The maximum absolute atomic E-state index is 9.95. The number of hydrogen-bond acceptors (Lipinski definition) is 4. The largest absolute Gasteiger partial charge is 0.394 e. The van der Waals surface area contributed by atoms with Crippen LogP contribution in [0.3, 0.4) is 0 Å². The third-order valence-corrected chi connectivity index (χ3v) is 5.52. The van der Waals surface area contributed by atoms with E-state index in [9.17, 15) is 10.2 Å². The quantitative estimate of drug-likeness (QED) is 0.659. The van der Waals surface area contributed by atoms with Crippen molar-refractivity contribution in [3.63, 3.8) is 0 Å². The van der Waals surface area contributed by atoms with E-state index in [1.54, 1.807) is 6.33 Å². The summed E-state index contributed by atoms with van der Waals surface area (Å²) in [6.45, 7) is 3.63. The number of aliphatic hydroxyl groups excluding tert-OH is 2. The first-order valence-electron chi connectivity index (χ1n) is 9.53. The zero-order valence-electron chi connectivity index (χ0n) is 17.0. The minimum Gasteiger partial charge on any atom is -0.394 e. The molecule has 1 aromatic heterocycles. The molecule has 3 rings (SSSR count). The van der Waals surface area contributed by atoms with Crippen LogP contribution in [-0.4, -0.2) is 52.0 Å². The van der Waals surface area contributed by atoms with Gasteiger partial charge in [-0.25, -0.2) is 4.98 Å². The molecule has 2 N–H and O–H groups in total. The van der Waals surface area contributed by atoms with Gasteiger partial charge in [-0.1, -0.05) is 54.6 Å². The van der Waals surface area contributed by atoms with Crippen LogP contribution in [0, 0.1) is 0 Å². The molecule has 0 aliphatic carbocycles. The van der Waals surface area contributed by atoms with E-state index in [1.165, 1.54) is 5.56 Å². The number of aliphatic hydroxyl groups is 2. The number of aromatic nitrogens is 2. The molecule has 0 amide bonds. The fraction of sp³-hybridized carbons (Fsp3) is 0.348. The van der Waals surface area contributed by atoms with E-state index in [1.807, 2.05) is 41.8 Å². The minimum atomic E-state index is -0.842. The van der Waals surface area contributed by atoms with Gasteiger partial charge in [-0.15, -0.1) is 0 Å². The fourth-order valence-corrected chi connectivity index (χ4v) is 3.26. The molecule has 5 heteroatoms. The Morgan fingerprint density at radius 1 is 0.964 bits per heavy atom. The average Bonchev–Trinajstić information content (AvgIpc) is 3.19. The average molecular weight is 380 g/mol. The van der Waals surface area contributed by atoms with Crippen LogP contribution < -0.4 is 0 Å². The van der Waals surface area contributed by atoms with Crippen molar-refractivity contribution in [3.05, 3.63) is 66.5 Å². The minimum absolute atomic E-state index is 0.184. The number of benzene rings is 2. The standard InChI is InChI=1S/C23H29N3O2/c1-17(25(3)4)18-10-12-20(13-11-18)22-21(19-8-6-5-7-9-19)24-16-26(22)23(2,14-27)15-28/h5-13,16-17,27-28H,14-15H2,1-4H3/t17-/m1/s1. The molecule has 0 aliphatic rings. The molecule has 1 heterocycles. The molecule has 0 bridgehead atoms. The zero-order valence-corrected chi connectivity index (χ0v) is 17.0. The monoisotopic (exact) mass is 379 g/mol. The summed E-state index contributed by atoms with van der Waals surface area (Å²) in [6, 6.07) is 18.7. The molecular weight excluding hydrogens is 350 g/mol. The van der Waals surface area contributed by atoms with Crippen molar-refractivity contribution >= 4 is 0 Å². The van der Waals surface area contributed by atoms with Crippen molar-refractivity contribution in [2.45, 2.75) is 25.4 Å². The Balaban J connectivity index is 2.16. The van der Waals surface area contributed by atoms with E-state index in [0.29, 0.717) is 6.04 Å². The first-order valence-corrected chi connectivity index (χ1v) is 9.53. The highest BCUT2D eigenvalue weighted by atomic mass is 16.3. The SMILES string of the molecule is C[C@H](c1ccc(-c2c(-c3ccccc3)ncn2C(C)(CO)CO)cc1)N(C)C. The summed E-state index contributed by atoms with van der Waals surface area (Å²) in [5, 5.41) is 19.9. The second-order valence-electron chi connectivity index (χ2n) is 7.75. The van der Waals surface area contributed by atoms with Gasteiger partial charge in [0, 0.05) is 17.2 Å². The highest BCUT2D eigenvalue weighted by Gasteiger charge is 2.29. The Bertz CT molecular complexity index is 897. The number of hydrogen-bond donors (Lipinski definition) is 2. The maximum Gasteiger partial charge on any atom is 0.0965 e. The molecule has 0 spiro atoms. The van der Waals surface area contributed by atoms with Gasteiger partial charge in [0.1, 0.15) is 0 Å². The van der Waals surface area contributed by atoms with Crippen LogP contribution in [0.2, 0.25) is 0 Å². The lowest BCUT2D eigenvalue weighted by molar-refractivity contribution is 0.0790. The van der Waals surface area contributed by atoms with Crippen molar-refractivity contribution in [2.24, 2.45) is 0 Å². The van der Waals surface area contributed by atoms with Crippen molar-refractivity contribution < 1.29 is 10.2 Å². The summed E-state index contributed by atoms with van der Waals surface area (Å²) in [4.78, 5) is 6.81. The highest BCUT2D eigenvalue weighted by molar-refractivity contribution is 5.79. The van der Waals surface area contributed by atoms with Crippen molar-refractivity contribution in [2.75, 3.05) is 27.3 Å². The molecule has 0 unspecified atom stereocenters. The molecule has 0 saturated carbocycles. The third-order valence-electron chi connectivity index (χ3n) is 5.52. The summed E-state index contributed by atoms with van der Waals surface area (Å²) in [6.07, 6.45) is 1.71. The molecule has 5 nitrogen and oxygen atoms in total. The molecule has 0 fully saturated rings. The van der Waals surface area contributed by atoms with E-state index >= 15 is 0 Å². The van der Waals surface area contributed by atoms with Crippen LogP contribution in [0.5, 0.6) is 0 Å².